The summed E-state index contributed by atoms with van der Waals surface area (Å²) in [5.74, 6) is -0.242. The van der Waals surface area contributed by atoms with Crippen LogP contribution in [0, 0.1) is 22.7 Å². The van der Waals surface area contributed by atoms with Crippen LogP contribution in [0.1, 0.15) is 11.4 Å². The topological polar surface area (TPSA) is 150 Å². The Labute approximate surface area is 192 Å². The van der Waals surface area contributed by atoms with Crippen molar-refractivity contribution in [2.75, 3.05) is 11.2 Å². The number of nitrogen functional groups attached to an aromatic ring is 1. The largest absolute Gasteiger partial charge is 0.382 e. The Balaban J connectivity index is 2.05. The molecule has 2 aromatic carbocycles. The van der Waals surface area contributed by atoms with Crippen molar-refractivity contribution in [2.24, 2.45) is 0 Å². The van der Waals surface area contributed by atoms with E-state index in [-0.39, 0.29) is 38.2 Å². The second-order valence-corrected chi connectivity index (χ2v) is 9.21. The van der Waals surface area contributed by atoms with Crippen molar-refractivity contribution < 1.29 is 8.42 Å². The van der Waals surface area contributed by atoms with Crippen molar-refractivity contribution in [2.45, 2.75) is 9.79 Å². The summed E-state index contributed by atoms with van der Waals surface area (Å²) >= 11 is 11.9. The van der Waals surface area contributed by atoms with Crippen LogP contribution in [0.3, 0.4) is 0 Å². The summed E-state index contributed by atoms with van der Waals surface area (Å²) in [6.07, 6.45) is 0. The average molecular weight is 484 g/mol. The lowest BCUT2D eigenvalue weighted by Crippen LogP contribution is -2.14. The quantitative estimate of drug-likeness (QED) is 0.444. The molecule has 2 heterocycles. The van der Waals surface area contributed by atoms with Crippen LogP contribution in [-0.4, -0.2) is 23.1 Å². The molecule has 3 N–H and O–H groups in total. The zero-order chi connectivity index (χ0) is 23.0. The minimum absolute atomic E-state index is 0.0504. The summed E-state index contributed by atoms with van der Waals surface area (Å²) in [4.78, 5) is 7.79. The minimum Gasteiger partial charge on any atom is -0.382 e. The number of anilines is 2. The number of benzene rings is 2. The van der Waals surface area contributed by atoms with Gasteiger partial charge < -0.3 is 5.73 Å². The van der Waals surface area contributed by atoms with Crippen molar-refractivity contribution in [3.63, 3.8) is 0 Å². The third kappa shape index (κ3) is 3.57. The highest BCUT2D eigenvalue weighted by atomic mass is 35.5. The first-order valence-corrected chi connectivity index (χ1v) is 11.1. The molecule has 4 aromatic rings. The van der Waals surface area contributed by atoms with Gasteiger partial charge >= 0.3 is 0 Å². The van der Waals surface area contributed by atoms with Crippen LogP contribution in [0.4, 0.5) is 11.5 Å². The van der Waals surface area contributed by atoms with Gasteiger partial charge in [-0.1, -0.05) is 29.3 Å². The predicted molar refractivity (Wildman–Crippen MR) is 119 cm³/mol. The van der Waals surface area contributed by atoms with Gasteiger partial charge in [0.05, 0.1) is 10.6 Å². The molecule has 0 atom stereocenters. The van der Waals surface area contributed by atoms with Gasteiger partial charge in [0.2, 0.25) is 9.84 Å². The molecule has 2 aromatic heterocycles. The Kier molecular flexibility index (Phi) is 5.36. The van der Waals surface area contributed by atoms with Gasteiger partial charge in [-0.05, 0) is 42.5 Å². The lowest BCUT2D eigenvalue weighted by molar-refractivity contribution is 0.597. The molecule has 4 rings (SSSR count). The van der Waals surface area contributed by atoms with Crippen LogP contribution in [0.15, 0.2) is 58.3 Å². The van der Waals surface area contributed by atoms with E-state index in [2.05, 4.69) is 15.4 Å². The van der Waals surface area contributed by atoms with Gasteiger partial charge in [0, 0.05) is 10.0 Å². The zero-order valence-electron chi connectivity index (χ0n) is 15.9. The smallest absolute Gasteiger partial charge is 0.212 e. The molecule has 9 nitrogen and oxygen atoms in total. The maximum atomic E-state index is 13.5. The Morgan fingerprint density at radius 1 is 0.969 bits per heavy atom. The van der Waals surface area contributed by atoms with Crippen LogP contribution in [0.2, 0.25) is 10.0 Å². The van der Waals surface area contributed by atoms with Gasteiger partial charge in [-0.25, -0.2) is 23.1 Å². The molecule has 0 saturated heterocycles. The summed E-state index contributed by atoms with van der Waals surface area (Å²) in [7, 11) is -4.20. The maximum Gasteiger partial charge on any atom is 0.212 e. The first-order chi connectivity index (χ1) is 15.3. The second kappa shape index (κ2) is 8.02. The van der Waals surface area contributed by atoms with Gasteiger partial charge in [-0.2, -0.15) is 10.5 Å². The van der Waals surface area contributed by atoms with Crippen LogP contribution in [-0.2, 0) is 9.84 Å². The number of nitrogens with zero attached hydrogens (tertiary/aromatic N) is 5. The summed E-state index contributed by atoms with van der Waals surface area (Å²) in [6, 6.07) is 15.6. The Morgan fingerprint density at radius 2 is 1.62 bits per heavy atom. The Hall–Kier alpha value is -3.83. The third-order valence-corrected chi connectivity index (χ3v) is 6.77. The molecule has 0 aliphatic heterocycles. The Bertz CT molecular complexity index is 1570. The van der Waals surface area contributed by atoms with Crippen molar-refractivity contribution in [1.29, 1.82) is 10.5 Å². The standard InChI is InChI=1S/C20H11Cl2N7O2S/c21-11-4-6-14(7-5-11)32(30,31)18-17-20(27-16(10-24)15(9-23)26-17)29(19(18)25)28-13-3-1-2-12(22)8-13/h1-8,28H,25H2. The Morgan fingerprint density at radius 3 is 2.25 bits per heavy atom. The van der Waals surface area contributed by atoms with Crippen LogP contribution in [0.5, 0.6) is 0 Å². The molecule has 158 valence electrons. The summed E-state index contributed by atoms with van der Waals surface area (Å²) < 4.78 is 28.1. The van der Waals surface area contributed by atoms with E-state index in [0.717, 1.165) is 0 Å². The van der Waals surface area contributed by atoms with E-state index < -0.39 is 9.84 Å². The normalized spacial score (nSPS) is 11.1. The molecule has 32 heavy (non-hydrogen) atoms. The van der Waals surface area contributed by atoms with E-state index in [1.54, 1.807) is 36.4 Å². The van der Waals surface area contributed by atoms with E-state index in [0.29, 0.717) is 15.7 Å². The molecule has 0 spiro atoms. The number of aromatic nitrogens is 3. The fourth-order valence-electron chi connectivity index (χ4n) is 3.02. The number of halogens is 2. The van der Waals surface area contributed by atoms with Crippen LogP contribution < -0.4 is 11.2 Å². The number of nitrogens with two attached hydrogens (primary N) is 1. The fourth-order valence-corrected chi connectivity index (χ4v) is 4.83. The number of hydrogen-bond donors (Lipinski definition) is 2. The minimum atomic E-state index is -4.20. The zero-order valence-corrected chi connectivity index (χ0v) is 18.2. The first kappa shape index (κ1) is 21.4. The second-order valence-electron chi connectivity index (χ2n) is 6.45. The van der Waals surface area contributed by atoms with Gasteiger partial charge in [0.25, 0.3) is 0 Å². The predicted octanol–water partition coefficient (Wildman–Crippen LogP) is 3.77. The van der Waals surface area contributed by atoms with E-state index in [1.165, 1.54) is 28.9 Å². The summed E-state index contributed by atoms with van der Waals surface area (Å²) in [5, 5.41) is 19.5. The lowest BCUT2D eigenvalue weighted by atomic mass is 10.3. The van der Waals surface area contributed by atoms with Crippen molar-refractivity contribution in [3.05, 3.63) is 70.0 Å². The highest BCUT2D eigenvalue weighted by Crippen LogP contribution is 2.35. The van der Waals surface area contributed by atoms with Crippen molar-refractivity contribution >= 4 is 55.7 Å². The molecule has 0 amide bonds. The highest BCUT2D eigenvalue weighted by Gasteiger charge is 2.31. The average Bonchev–Trinajstić information content (AvgIpc) is 3.04. The third-order valence-electron chi connectivity index (χ3n) is 4.45. The SMILES string of the molecule is N#Cc1nc2c(S(=O)(=O)c3ccc(Cl)cc3)c(N)n(Nc3cccc(Cl)c3)c2nc1C#N. The number of hydrogen-bond acceptors (Lipinski definition) is 8. The van der Waals surface area contributed by atoms with Crippen molar-refractivity contribution in [1.82, 2.24) is 14.6 Å². The molecule has 0 unspecified atom stereocenters. The van der Waals surface area contributed by atoms with E-state index in [1.807, 2.05) is 0 Å². The van der Waals surface area contributed by atoms with Gasteiger partial charge in [-0.3, -0.25) is 5.43 Å². The van der Waals surface area contributed by atoms with Gasteiger partial charge in [0.15, 0.2) is 17.0 Å². The molecule has 0 fully saturated rings. The molecule has 0 aliphatic carbocycles. The fraction of sp³-hybridized carbons (Fsp3) is 0. The molecular formula is C20H11Cl2N7O2S. The van der Waals surface area contributed by atoms with Crippen molar-refractivity contribution in [3.8, 4) is 12.1 Å². The molecule has 0 saturated carbocycles. The monoisotopic (exact) mass is 483 g/mol. The van der Waals surface area contributed by atoms with E-state index in [4.69, 9.17) is 28.9 Å². The summed E-state index contributed by atoms with van der Waals surface area (Å²) in [5.41, 5.74) is 8.84. The summed E-state index contributed by atoms with van der Waals surface area (Å²) in [6.45, 7) is 0. The van der Waals surface area contributed by atoms with E-state index >= 15 is 0 Å². The number of sulfone groups is 1. The van der Waals surface area contributed by atoms with E-state index in [9.17, 15) is 18.9 Å². The van der Waals surface area contributed by atoms with Crippen LogP contribution in [0.25, 0.3) is 11.2 Å². The molecule has 0 bridgehead atoms. The number of fused-ring (bicyclic) bond motifs is 1. The van der Waals surface area contributed by atoms with Crippen LogP contribution >= 0.6 is 23.2 Å². The number of rotatable bonds is 4. The van der Waals surface area contributed by atoms with Gasteiger partial charge in [-0.15, -0.1) is 0 Å². The number of nitriles is 2. The maximum absolute atomic E-state index is 13.5. The van der Waals surface area contributed by atoms with Gasteiger partial charge in [0.1, 0.15) is 28.4 Å². The highest BCUT2D eigenvalue weighted by molar-refractivity contribution is 7.92. The first-order valence-electron chi connectivity index (χ1n) is 8.81. The molecule has 12 heteroatoms. The number of nitrogens with one attached hydrogen (secondary N) is 1. The molecule has 0 radical (unpaired) electrons. The molecular weight excluding hydrogens is 473 g/mol. The lowest BCUT2D eigenvalue weighted by Gasteiger charge is -2.11. The molecule has 0 aliphatic rings.